The molecule has 24 heavy (non-hydrogen) atoms. The molecule has 2 aromatic carbocycles. The number of rotatable bonds is 3. The smallest absolute Gasteiger partial charge is 0.194 e. The Hall–Kier alpha value is -2.15. The van der Waals surface area contributed by atoms with E-state index < -0.39 is 13.2 Å². The van der Waals surface area contributed by atoms with Gasteiger partial charge in [-0.15, -0.1) is 0 Å². The second-order valence-corrected chi connectivity index (χ2v) is 6.80. The van der Waals surface area contributed by atoms with Crippen LogP contribution in [0.1, 0.15) is 43.0 Å². The Morgan fingerprint density at radius 3 is 2.62 bits per heavy atom. The number of aromatic nitrogens is 1. The molecule has 0 saturated heterocycles. The first-order valence-electron chi connectivity index (χ1n) is 10.9. The fraction of sp³-hybridized carbons (Fsp3) is 0.348. The molecule has 0 aliphatic carbocycles. The van der Waals surface area contributed by atoms with Crippen molar-refractivity contribution in [1.82, 2.24) is 0 Å². The first-order chi connectivity index (χ1) is 13.4. The van der Waals surface area contributed by atoms with E-state index in [0.29, 0.717) is 11.1 Å². The van der Waals surface area contributed by atoms with Crippen LogP contribution in [-0.2, 0) is 13.4 Å². The Morgan fingerprint density at radius 1 is 1.12 bits per heavy atom. The summed E-state index contributed by atoms with van der Waals surface area (Å²) >= 11 is 0. The molecule has 1 aromatic heterocycles. The van der Waals surface area contributed by atoms with Crippen molar-refractivity contribution in [3.63, 3.8) is 0 Å². The lowest BCUT2D eigenvalue weighted by Gasteiger charge is -2.12. The highest BCUT2D eigenvalue weighted by Gasteiger charge is 2.18. The van der Waals surface area contributed by atoms with Gasteiger partial charge in [-0.2, -0.15) is 4.57 Å². The summed E-state index contributed by atoms with van der Waals surface area (Å²) in [6, 6.07) is 13.4. The summed E-state index contributed by atoms with van der Waals surface area (Å²) in [7, 11) is 1.95. The van der Waals surface area contributed by atoms with Crippen LogP contribution in [0.3, 0.4) is 0 Å². The van der Waals surface area contributed by atoms with Gasteiger partial charge in [0, 0.05) is 29.9 Å². The third-order valence-electron chi connectivity index (χ3n) is 4.49. The molecular formula is C23H28N+. The van der Waals surface area contributed by atoms with Gasteiger partial charge in [0.2, 0.25) is 11.2 Å². The standard InChI is InChI=1S/C23H28N/c1-15(2)12-19-8-7-9-22-20(19)10-11-23(24(22)6)21-14-16(3)13-17(4)18(21)5/h7-11,13-15H,12H2,1-6H3/q+1/i4D3,12D2. The minimum absolute atomic E-state index is 0.154. The summed E-state index contributed by atoms with van der Waals surface area (Å²) in [5.41, 5.74) is 5.42. The first-order valence-corrected chi connectivity index (χ1v) is 8.40. The molecule has 1 nitrogen and oxygen atoms in total. The summed E-state index contributed by atoms with van der Waals surface area (Å²) in [6.45, 7) is 5.38. The molecule has 1 heterocycles. The fourth-order valence-electron chi connectivity index (χ4n) is 3.26. The molecule has 0 fully saturated rings. The number of benzene rings is 2. The van der Waals surface area contributed by atoms with E-state index >= 15 is 0 Å². The lowest BCUT2D eigenvalue weighted by Crippen LogP contribution is -2.32. The van der Waals surface area contributed by atoms with Crippen LogP contribution in [0.5, 0.6) is 0 Å². The molecule has 1 heteroatoms. The minimum atomic E-state index is -2.17. The Labute approximate surface area is 153 Å². The van der Waals surface area contributed by atoms with Crippen LogP contribution >= 0.6 is 0 Å². The van der Waals surface area contributed by atoms with Gasteiger partial charge in [-0.25, -0.2) is 0 Å². The normalized spacial score (nSPS) is 15.7. The second kappa shape index (κ2) is 6.39. The van der Waals surface area contributed by atoms with Crippen molar-refractivity contribution in [2.45, 2.75) is 40.9 Å². The molecule has 3 rings (SSSR count). The topological polar surface area (TPSA) is 3.88 Å². The average Bonchev–Trinajstić information content (AvgIpc) is 2.62. The van der Waals surface area contributed by atoms with E-state index in [9.17, 15) is 0 Å². The van der Waals surface area contributed by atoms with Gasteiger partial charge in [-0.05, 0) is 61.8 Å². The first kappa shape index (κ1) is 11.4. The van der Waals surface area contributed by atoms with E-state index in [1.54, 1.807) is 6.07 Å². The van der Waals surface area contributed by atoms with Crippen molar-refractivity contribution < 1.29 is 11.4 Å². The molecule has 0 saturated carbocycles. The quantitative estimate of drug-likeness (QED) is 0.564. The highest BCUT2D eigenvalue weighted by atomic mass is 14.9. The van der Waals surface area contributed by atoms with Gasteiger partial charge < -0.3 is 0 Å². The fourth-order valence-corrected chi connectivity index (χ4v) is 3.26. The molecule has 0 bridgehead atoms. The predicted octanol–water partition coefficient (Wildman–Crippen LogP) is 5.46. The zero-order valence-electron chi connectivity index (χ0n) is 20.1. The molecule has 3 aromatic rings. The van der Waals surface area contributed by atoms with Gasteiger partial charge in [0.05, 0.1) is 0 Å². The Bertz CT molecular complexity index is 1080. The van der Waals surface area contributed by atoms with Crippen LogP contribution in [-0.4, -0.2) is 0 Å². The van der Waals surface area contributed by atoms with E-state index in [0.717, 1.165) is 33.3 Å². The molecule has 0 atom stereocenters. The van der Waals surface area contributed by atoms with Crippen molar-refractivity contribution in [2.75, 3.05) is 0 Å². The highest BCUT2D eigenvalue weighted by Crippen LogP contribution is 2.27. The molecule has 0 aliphatic rings. The number of nitrogens with zero attached hydrogens (tertiary/aromatic N) is 1. The molecule has 0 radical (unpaired) electrons. The molecule has 0 spiro atoms. The average molecular weight is 324 g/mol. The lowest BCUT2D eigenvalue weighted by molar-refractivity contribution is -0.633. The monoisotopic (exact) mass is 323 g/mol. The molecule has 0 amide bonds. The van der Waals surface area contributed by atoms with E-state index in [1.165, 1.54) is 0 Å². The number of hydrogen-bond donors (Lipinski definition) is 0. The number of fused-ring (bicyclic) bond motifs is 1. The molecule has 0 unspecified atom stereocenters. The minimum Gasteiger partial charge on any atom is -0.194 e. The van der Waals surface area contributed by atoms with Crippen molar-refractivity contribution >= 4 is 10.9 Å². The lowest BCUT2D eigenvalue weighted by atomic mass is 9.95. The van der Waals surface area contributed by atoms with Crippen molar-refractivity contribution in [1.29, 1.82) is 0 Å². The van der Waals surface area contributed by atoms with Crippen LogP contribution in [0.2, 0.25) is 0 Å². The number of pyridine rings is 1. The Kier molecular flexibility index (Phi) is 3.04. The predicted molar refractivity (Wildman–Crippen MR) is 103 cm³/mol. The largest absolute Gasteiger partial charge is 0.213 e. The van der Waals surface area contributed by atoms with Crippen LogP contribution < -0.4 is 4.57 Å². The van der Waals surface area contributed by atoms with Crippen molar-refractivity contribution in [2.24, 2.45) is 13.0 Å². The summed E-state index contributed by atoms with van der Waals surface area (Å²) in [5, 5.41) is 0.874. The van der Waals surface area contributed by atoms with Crippen LogP contribution in [0.25, 0.3) is 22.2 Å². The van der Waals surface area contributed by atoms with Gasteiger partial charge in [0.15, 0.2) is 0 Å². The summed E-state index contributed by atoms with van der Waals surface area (Å²) in [4.78, 5) is 0. The zero-order chi connectivity index (χ0) is 21.7. The number of hydrogen-bond acceptors (Lipinski definition) is 0. The maximum Gasteiger partial charge on any atom is 0.213 e. The summed E-state index contributed by atoms with van der Waals surface area (Å²) in [6.07, 6.45) is -1.44. The third kappa shape index (κ3) is 2.96. The number of aryl methyl sites for hydroxylation is 3. The van der Waals surface area contributed by atoms with Crippen LogP contribution in [0, 0.1) is 26.6 Å². The van der Waals surface area contributed by atoms with E-state index in [-0.39, 0.29) is 5.92 Å². The van der Waals surface area contributed by atoms with Crippen LogP contribution in [0.15, 0.2) is 42.5 Å². The van der Waals surface area contributed by atoms with Crippen LogP contribution in [0.4, 0.5) is 0 Å². The Morgan fingerprint density at radius 2 is 1.92 bits per heavy atom. The van der Waals surface area contributed by atoms with Crippen molar-refractivity contribution in [3.05, 3.63) is 64.7 Å². The summed E-state index contributed by atoms with van der Waals surface area (Å²) < 4.78 is 42.7. The summed E-state index contributed by atoms with van der Waals surface area (Å²) in [5.74, 6) is -0.154. The van der Waals surface area contributed by atoms with Crippen molar-refractivity contribution in [3.8, 4) is 11.3 Å². The Balaban J connectivity index is 2.30. The second-order valence-electron chi connectivity index (χ2n) is 6.80. The van der Waals surface area contributed by atoms with Gasteiger partial charge in [-0.1, -0.05) is 37.6 Å². The molecule has 0 N–H and O–H groups in total. The van der Waals surface area contributed by atoms with Gasteiger partial charge >= 0.3 is 0 Å². The van der Waals surface area contributed by atoms with E-state index in [2.05, 4.69) is 0 Å². The molecule has 124 valence electrons. The van der Waals surface area contributed by atoms with E-state index in [4.69, 9.17) is 6.85 Å². The maximum atomic E-state index is 8.55. The van der Waals surface area contributed by atoms with Gasteiger partial charge in [-0.3, -0.25) is 0 Å². The molecule has 0 aliphatic heterocycles. The zero-order valence-corrected chi connectivity index (χ0v) is 15.1. The molecular weight excluding hydrogens is 290 g/mol. The SMILES string of the molecule is [2H]C([2H])([2H])c1cc(C)cc(-c2ccc3c(C([2H])([2H])C(C)C)cccc3[n+]2C)c1C. The van der Waals surface area contributed by atoms with Gasteiger partial charge in [0.25, 0.3) is 0 Å². The maximum absolute atomic E-state index is 8.55. The van der Waals surface area contributed by atoms with Gasteiger partial charge in [0.1, 0.15) is 7.05 Å². The third-order valence-corrected chi connectivity index (χ3v) is 4.49. The highest BCUT2D eigenvalue weighted by molar-refractivity contribution is 5.81. The van der Waals surface area contributed by atoms with E-state index in [1.807, 2.05) is 75.7 Å².